The fourth-order valence-electron chi connectivity index (χ4n) is 3.45. The van der Waals surface area contributed by atoms with Crippen LogP contribution in [0.25, 0.3) is 32.7 Å². The van der Waals surface area contributed by atoms with Crippen molar-refractivity contribution < 1.29 is 13.0 Å². The first-order valence-corrected chi connectivity index (χ1v) is 12.6. The molecule has 8 heteroatoms. The first kappa shape index (κ1) is 20.4. The molecule has 142 valence electrons. The molecule has 4 aromatic carbocycles. The van der Waals surface area contributed by atoms with Gasteiger partial charge in [-0.3, -0.25) is 0 Å². The van der Waals surface area contributed by atoms with Gasteiger partial charge in [0, 0.05) is 18.3 Å². The number of rotatable bonds is 3. The molecule has 28 heavy (non-hydrogen) atoms. The van der Waals surface area contributed by atoms with Crippen LogP contribution in [-0.4, -0.2) is 13.0 Å². The van der Waals surface area contributed by atoms with Gasteiger partial charge < -0.3 is 4.55 Å². The standard InChI is InChI=1S/C20H13I2NO3S2/c21-15-9-11-5-1-3-7-13(11)17(19(15)27(23)24)18-14-8-4-2-6-12(14)10-16(22)20(18)28(25)26/h1-10H,23H2,(H,25,26). The average Bonchev–Trinajstić information content (AvgIpc) is 2.65. The van der Waals surface area contributed by atoms with E-state index >= 15 is 0 Å². The highest BCUT2D eigenvalue weighted by Crippen LogP contribution is 2.44. The van der Waals surface area contributed by atoms with E-state index in [2.05, 4.69) is 45.2 Å². The van der Waals surface area contributed by atoms with Crippen molar-refractivity contribution in [3.8, 4) is 11.1 Å². The summed E-state index contributed by atoms with van der Waals surface area (Å²) in [6, 6.07) is 19.2. The quantitative estimate of drug-likeness (QED) is 0.234. The van der Waals surface area contributed by atoms with Gasteiger partial charge in [0.2, 0.25) is 0 Å². The van der Waals surface area contributed by atoms with Crippen LogP contribution in [0, 0.1) is 7.14 Å². The summed E-state index contributed by atoms with van der Waals surface area (Å²) in [7, 11) is -1.77. The maximum Gasteiger partial charge on any atom is 0.188 e. The molecule has 3 N–H and O–H groups in total. The molecule has 2 unspecified atom stereocenters. The number of halogens is 2. The van der Waals surface area contributed by atoms with E-state index in [1.807, 2.05) is 60.7 Å². The SMILES string of the molecule is NS(=O)c1c(I)cc2ccccc2c1-c1c(S(=O)O)c(I)cc2ccccc12. The highest BCUT2D eigenvalue weighted by Gasteiger charge is 2.25. The smallest absolute Gasteiger partial charge is 0.188 e. The van der Waals surface area contributed by atoms with Crippen LogP contribution < -0.4 is 5.14 Å². The second-order valence-electron chi connectivity index (χ2n) is 6.11. The summed E-state index contributed by atoms with van der Waals surface area (Å²) in [5.74, 6) is 0. The van der Waals surface area contributed by atoms with Gasteiger partial charge in [-0.1, -0.05) is 48.5 Å². The predicted octanol–water partition coefficient (Wildman–Crippen LogP) is 5.43. The second kappa shape index (κ2) is 8.07. The van der Waals surface area contributed by atoms with Crippen molar-refractivity contribution >= 4 is 88.8 Å². The largest absolute Gasteiger partial charge is 0.302 e. The fraction of sp³-hybridized carbons (Fsp3) is 0. The number of benzene rings is 4. The van der Waals surface area contributed by atoms with Crippen molar-refractivity contribution in [3.63, 3.8) is 0 Å². The van der Waals surface area contributed by atoms with Crippen molar-refractivity contribution in [2.75, 3.05) is 0 Å². The van der Waals surface area contributed by atoms with Crippen LogP contribution in [0.5, 0.6) is 0 Å². The second-order valence-corrected chi connectivity index (χ2v) is 10.3. The Hall–Kier alpha value is -0.920. The van der Waals surface area contributed by atoms with Gasteiger partial charge in [-0.2, -0.15) is 0 Å². The summed E-state index contributed by atoms with van der Waals surface area (Å²) < 4.78 is 36.5. The third-order valence-electron chi connectivity index (χ3n) is 4.54. The summed E-state index contributed by atoms with van der Waals surface area (Å²) in [4.78, 5) is 0.774. The molecule has 4 rings (SSSR count). The number of hydrogen-bond donors (Lipinski definition) is 2. The van der Waals surface area contributed by atoms with E-state index in [0.717, 1.165) is 25.1 Å². The van der Waals surface area contributed by atoms with Gasteiger partial charge in [-0.25, -0.2) is 13.6 Å². The summed E-state index contributed by atoms with van der Waals surface area (Å²) in [6.45, 7) is 0. The van der Waals surface area contributed by atoms with Gasteiger partial charge in [0.15, 0.2) is 11.1 Å². The highest BCUT2D eigenvalue weighted by atomic mass is 127. The molecule has 0 amide bonds. The molecule has 0 saturated heterocycles. The van der Waals surface area contributed by atoms with Crippen molar-refractivity contribution in [3.05, 3.63) is 67.8 Å². The van der Waals surface area contributed by atoms with Crippen LogP contribution in [0.4, 0.5) is 0 Å². The van der Waals surface area contributed by atoms with E-state index in [1.54, 1.807) is 0 Å². The van der Waals surface area contributed by atoms with Crippen molar-refractivity contribution in [1.82, 2.24) is 0 Å². The monoisotopic (exact) mass is 633 g/mol. The maximum atomic E-state index is 12.6. The molecule has 0 radical (unpaired) electrons. The first-order chi connectivity index (χ1) is 13.4. The highest BCUT2D eigenvalue weighted by molar-refractivity contribution is 14.1. The number of fused-ring (bicyclic) bond motifs is 2. The van der Waals surface area contributed by atoms with Gasteiger partial charge in [0.1, 0.15) is 11.0 Å². The molecule has 2 atom stereocenters. The Kier molecular flexibility index (Phi) is 5.87. The molecule has 0 fully saturated rings. The summed E-state index contributed by atoms with van der Waals surface area (Å²) in [5.41, 5.74) is 1.25. The molecule has 0 saturated carbocycles. The minimum absolute atomic E-state index is 0.304. The Morgan fingerprint density at radius 2 is 1.18 bits per heavy atom. The Balaban J connectivity index is 2.34. The molecule has 0 aliphatic rings. The van der Waals surface area contributed by atoms with E-state index < -0.39 is 22.1 Å². The maximum absolute atomic E-state index is 12.6. The average molecular weight is 633 g/mol. The molecule has 0 spiro atoms. The van der Waals surface area contributed by atoms with Crippen molar-refractivity contribution in [1.29, 1.82) is 0 Å². The topological polar surface area (TPSA) is 80.4 Å². The van der Waals surface area contributed by atoms with Crippen LogP contribution >= 0.6 is 45.2 Å². The Morgan fingerprint density at radius 3 is 1.64 bits per heavy atom. The lowest BCUT2D eigenvalue weighted by Gasteiger charge is -2.19. The lowest BCUT2D eigenvalue weighted by Crippen LogP contribution is -2.09. The van der Waals surface area contributed by atoms with Gasteiger partial charge in [0.25, 0.3) is 0 Å². The molecule has 0 aliphatic carbocycles. The fourth-order valence-corrected chi connectivity index (χ4v) is 7.16. The molecule has 4 aromatic rings. The third kappa shape index (κ3) is 3.43. The summed E-state index contributed by atoms with van der Waals surface area (Å²) in [5, 5.41) is 9.43. The summed E-state index contributed by atoms with van der Waals surface area (Å²) >= 11 is 1.97. The molecular formula is C20H13I2NO3S2. The minimum atomic E-state index is -2.23. The first-order valence-electron chi connectivity index (χ1n) is 8.10. The molecule has 0 aromatic heterocycles. The minimum Gasteiger partial charge on any atom is -0.302 e. The Labute approximate surface area is 194 Å². The third-order valence-corrected chi connectivity index (χ3v) is 8.57. The van der Waals surface area contributed by atoms with Crippen LogP contribution in [0.15, 0.2) is 70.5 Å². The van der Waals surface area contributed by atoms with Gasteiger partial charge in [0.05, 0.1) is 9.79 Å². The molecule has 0 bridgehead atoms. The van der Waals surface area contributed by atoms with Crippen LogP contribution in [0.1, 0.15) is 0 Å². The van der Waals surface area contributed by atoms with E-state index in [1.165, 1.54) is 0 Å². The van der Waals surface area contributed by atoms with Crippen LogP contribution in [0.2, 0.25) is 0 Å². The lowest BCUT2D eigenvalue weighted by molar-refractivity contribution is 0.564. The molecule has 4 nitrogen and oxygen atoms in total. The lowest BCUT2D eigenvalue weighted by atomic mass is 9.94. The number of hydrogen-bond acceptors (Lipinski definition) is 2. The normalized spacial score (nSPS) is 13.7. The van der Waals surface area contributed by atoms with Crippen molar-refractivity contribution in [2.24, 2.45) is 5.14 Å². The zero-order valence-corrected chi connectivity index (χ0v) is 20.1. The van der Waals surface area contributed by atoms with Gasteiger partial charge in [-0.05, 0) is 78.9 Å². The predicted molar refractivity (Wildman–Crippen MR) is 132 cm³/mol. The summed E-state index contributed by atoms with van der Waals surface area (Å²) in [6.07, 6.45) is 0. The van der Waals surface area contributed by atoms with Crippen LogP contribution in [-0.2, 0) is 22.1 Å². The van der Waals surface area contributed by atoms with E-state index in [0.29, 0.717) is 24.5 Å². The molecule has 0 heterocycles. The zero-order valence-electron chi connectivity index (χ0n) is 14.2. The zero-order chi connectivity index (χ0) is 20.0. The van der Waals surface area contributed by atoms with Gasteiger partial charge in [-0.15, -0.1) is 0 Å². The van der Waals surface area contributed by atoms with E-state index in [-0.39, 0.29) is 0 Å². The molecule has 0 aliphatic heterocycles. The molecular weight excluding hydrogens is 620 g/mol. The Morgan fingerprint density at radius 1 is 0.750 bits per heavy atom. The Bertz CT molecular complexity index is 1210. The van der Waals surface area contributed by atoms with Crippen LogP contribution in [0.3, 0.4) is 0 Å². The van der Waals surface area contributed by atoms with E-state index in [9.17, 15) is 13.0 Å². The van der Waals surface area contributed by atoms with Gasteiger partial charge >= 0.3 is 0 Å². The number of nitrogens with two attached hydrogens (primary N) is 1. The van der Waals surface area contributed by atoms with Crippen molar-refractivity contribution in [2.45, 2.75) is 9.79 Å². The van der Waals surface area contributed by atoms with E-state index in [4.69, 9.17) is 5.14 Å².